The molecule has 1 saturated carbocycles. The van der Waals surface area contributed by atoms with Crippen LogP contribution in [0.3, 0.4) is 0 Å². The second-order valence-corrected chi connectivity index (χ2v) is 7.13. The van der Waals surface area contributed by atoms with E-state index in [1.165, 1.54) is 36.8 Å². The molecule has 3 heteroatoms. The number of rotatable bonds is 7. The van der Waals surface area contributed by atoms with Crippen LogP contribution in [0.1, 0.15) is 32.6 Å². The average Bonchev–Trinajstić information content (AvgIpc) is 2.67. The van der Waals surface area contributed by atoms with E-state index < -0.39 is 6.10 Å². The van der Waals surface area contributed by atoms with Gasteiger partial charge in [-0.25, -0.2) is 0 Å². The SMILES string of the molecule is C[C@H]1CCCC[C@H]1NC[C@H](O)COc1ccc(-c2ccccc2)cc1. The fourth-order valence-corrected chi connectivity index (χ4v) is 3.53. The number of aliphatic hydroxyl groups excluding tert-OH is 1. The van der Waals surface area contributed by atoms with Crippen LogP contribution in [0.25, 0.3) is 11.1 Å². The van der Waals surface area contributed by atoms with Gasteiger partial charge in [-0.15, -0.1) is 0 Å². The molecule has 134 valence electrons. The molecule has 0 aliphatic heterocycles. The monoisotopic (exact) mass is 339 g/mol. The standard InChI is InChI=1S/C22H29NO2/c1-17-7-5-6-10-22(17)23-15-20(24)16-25-21-13-11-19(12-14-21)18-8-3-2-4-9-18/h2-4,8-9,11-14,17,20,22-24H,5-7,10,15-16H2,1H3/t17-,20-,22+/m0/s1. The van der Waals surface area contributed by atoms with Crippen LogP contribution >= 0.6 is 0 Å². The Bertz CT molecular complexity index is 626. The Balaban J connectivity index is 1.43. The molecule has 1 aliphatic carbocycles. The maximum absolute atomic E-state index is 10.2. The lowest BCUT2D eigenvalue weighted by atomic mass is 9.86. The van der Waals surface area contributed by atoms with Crippen molar-refractivity contribution in [3.63, 3.8) is 0 Å². The van der Waals surface area contributed by atoms with Crippen LogP contribution in [0, 0.1) is 5.92 Å². The summed E-state index contributed by atoms with van der Waals surface area (Å²) >= 11 is 0. The summed E-state index contributed by atoms with van der Waals surface area (Å²) in [4.78, 5) is 0. The normalized spacial score (nSPS) is 21.7. The van der Waals surface area contributed by atoms with Gasteiger partial charge in [-0.05, 0) is 42.0 Å². The van der Waals surface area contributed by atoms with Crippen molar-refractivity contribution < 1.29 is 9.84 Å². The van der Waals surface area contributed by atoms with Crippen LogP contribution < -0.4 is 10.1 Å². The van der Waals surface area contributed by atoms with E-state index in [9.17, 15) is 5.11 Å². The van der Waals surface area contributed by atoms with Crippen molar-refractivity contribution in [2.45, 2.75) is 44.8 Å². The molecule has 0 saturated heterocycles. The predicted molar refractivity (Wildman–Crippen MR) is 103 cm³/mol. The Hall–Kier alpha value is -1.84. The van der Waals surface area contributed by atoms with E-state index in [0.29, 0.717) is 25.1 Å². The van der Waals surface area contributed by atoms with E-state index in [2.05, 4.69) is 36.5 Å². The van der Waals surface area contributed by atoms with E-state index >= 15 is 0 Å². The Morgan fingerprint density at radius 3 is 2.40 bits per heavy atom. The maximum atomic E-state index is 10.2. The van der Waals surface area contributed by atoms with Crippen molar-refractivity contribution in [3.05, 3.63) is 54.6 Å². The summed E-state index contributed by atoms with van der Waals surface area (Å²) in [6, 6.07) is 18.9. The first-order valence-electron chi connectivity index (χ1n) is 9.42. The van der Waals surface area contributed by atoms with Crippen LogP contribution in [0.5, 0.6) is 5.75 Å². The lowest BCUT2D eigenvalue weighted by Gasteiger charge is -2.30. The summed E-state index contributed by atoms with van der Waals surface area (Å²) in [6.45, 7) is 3.21. The first-order chi connectivity index (χ1) is 12.2. The molecular formula is C22H29NO2. The molecule has 0 unspecified atom stereocenters. The fourth-order valence-electron chi connectivity index (χ4n) is 3.53. The van der Waals surface area contributed by atoms with E-state index in [0.717, 1.165) is 5.75 Å². The molecule has 2 aromatic carbocycles. The minimum Gasteiger partial charge on any atom is -0.491 e. The van der Waals surface area contributed by atoms with Gasteiger partial charge in [0.1, 0.15) is 18.5 Å². The summed E-state index contributed by atoms with van der Waals surface area (Å²) < 4.78 is 5.74. The number of ether oxygens (including phenoxy) is 1. The molecule has 0 aromatic heterocycles. The molecule has 0 heterocycles. The number of aliphatic hydroxyl groups is 1. The lowest BCUT2D eigenvalue weighted by molar-refractivity contribution is 0.0985. The smallest absolute Gasteiger partial charge is 0.119 e. The minimum absolute atomic E-state index is 0.318. The Labute approximate surface area is 151 Å². The van der Waals surface area contributed by atoms with Crippen LogP contribution in [-0.2, 0) is 0 Å². The Morgan fingerprint density at radius 2 is 1.68 bits per heavy atom. The highest BCUT2D eigenvalue weighted by molar-refractivity contribution is 5.63. The van der Waals surface area contributed by atoms with Gasteiger partial charge in [0.2, 0.25) is 0 Å². The first kappa shape index (κ1) is 18.0. The minimum atomic E-state index is -0.483. The molecule has 2 N–H and O–H groups in total. The number of benzene rings is 2. The number of hydrogen-bond acceptors (Lipinski definition) is 3. The molecule has 0 radical (unpaired) electrons. The summed E-state index contributed by atoms with van der Waals surface area (Å²) in [6.07, 6.45) is 4.66. The first-order valence-corrected chi connectivity index (χ1v) is 9.42. The number of hydrogen-bond donors (Lipinski definition) is 2. The van der Waals surface area contributed by atoms with Gasteiger partial charge in [0, 0.05) is 12.6 Å². The molecule has 2 aromatic rings. The molecule has 25 heavy (non-hydrogen) atoms. The molecule has 1 fully saturated rings. The quantitative estimate of drug-likeness (QED) is 0.792. The zero-order chi connectivity index (χ0) is 17.5. The maximum Gasteiger partial charge on any atom is 0.119 e. The summed E-state index contributed by atoms with van der Waals surface area (Å²) in [5.74, 6) is 1.50. The summed E-state index contributed by atoms with van der Waals surface area (Å²) in [7, 11) is 0. The van der Waals surface area contributed by atoms with E-state index in [-0.39, 0.29) is 0 Å². The molecule has 0 amide bonds. The highest BCUT2D eigenvalue weighted by atomic mass is 16.5. The zero-order valence-electron chi connectivity index (χ0n) is 15.0. The van der Waals surface area contributed by atoms with Gasteiger partial charge in [-0.3, -0.25) is 0 Å². The van der Waals surface area contributed by atoms with Crippen molar-refractivity contribution in [1.29, 1.82) is 0 Å². The second kappa shape index (κ2) is 9.02. The molecular weight excluding hydrogens is 310 g/mol. The Kier molecular flexibility index (Phi) is 6.48. The van der Waals surface area contributed by atoms with Gasteiger partial charge >= 0.3 is 0 Å². The van der Waals surface area contributed by atoms with Gasteiger partial charge in [0.15, 0.2) is 0 Å². The van der Waals surface area contributed by atoms with Crippen molar-refractivity contribution in [2.75, 3.05) is 13.2 Å². The zero-order valence-corrected chi connectivity index (χ0v) is 15.0. The van der Waals surface area contributed by atoms with Crippen molar-refractivity contribution >= 4 is 0 Å². The molecule has 3 nitrogen and oxygen atoms in total. The van der Waals surface area contributed by atoms with Crippen LogP contribution in [-0.4, -0.2) is 30.4 Å². The van der Waals surface area contributed by atoms with Gasteiger partial charge in [0.25, 0.3) is 0 Å². The van der Waals surface area contributed by atoms with Crippen LogP contribution in [0.15, 0.2) is 54.6 Å². The van der Waals surface area contributed by atoms with Crippen LogP contribution in [0.2, 0.25) is 0 Å². The third kappa shape index (κ3) is 5.32. The third-order valence-electron chi connectivity index (χ3n) is 5.13. The highest BCUT2D eigenvalue weighted by Gasteiger charge is 2.21. The molecule has 0 bridgehead atoms. The van der Waals surface area contributed by atoms with E-state index in [1.807, 2.05) is 30.3 Å². The van der Waals surface area contributed by atoms with Crippen molar-refractivity contribution in [1.82, 2.24) is 5.32 Å². The highest BCUT2D eigenvalue weighted by Crippen LogP contribution is 2.24. The second-order valence-electron chi connectivity index (χ2n) is 7.13. The van der Waals surface area contributed by atoms with E-state index in [1.54, 1.807) is 0 Å². The van der Waals surface area contributed by atoms with E-state index in [4.69, 9.17) is 4.74 Å². The van der Waals surface area contributed by atoms with Gasteiger partial charge in [-0.1, -0.05) is 62.2 Å². The molecule has 1 aliphatic rings. The molecule has 0 spiro atoms. The van der Waals surface area contributed by atoms with Crippen molar-refractivity contribution in [3.8, 4) is 16.9 Å². The third-order valence-corrected chi connectivity index (χ3v) is 5.13. The molecule has 3 atom stereocenters. The van der Waals surface area contributed by atoms with Gasteiger partial charge in [0.05, 0.1) is 0 Å². The topological polar surface area (TPSA) is 41.5 Å². The summed E-state index contributed by atoms with van der Waals surface area (Å²) in [5.41, 5.74) is 2.36. The van der Waals surface area contributed by atoms with Crippen molar-refractivity contribution in [2.24, 2.45) is 5.92 Å². The van der Waals surface area contributed by atoms with Crippen LogP contribution in [0.4, 0.5) is 0 Å². The summed E-state index contributed by atoms with van der Waals surface area (Å²) in [5, 5.41) is 13.7. The van der Waals surface area contributed by atoms with Gasteiger partial charge < -0.3 is 15.2 Å². The average molecular weight is 339 g/mol. The lowest BCUT2D eigenvalue weighted by Crippen LogP contribution is -2.42. The Morgan fingerprint density at radius 1 is 1.00 bits per heavy atom. The molecule has 3 rings (SSSR count). The van der Waals surface area contributed by atoms with Gasteiger partial charge in [-0.2, -0.15) is 0 Å². The largest absolute Gasteiger partial charge is 0.491 e. The number of nitrogens with one attached hydrogen (secondary N) is 1. The predicted octanol–water partition coefficient (Wildman–Crippen LogP) is 4.26. The fraction of sp³-hybridized carbons (Fsp3) is 0.455.